The molecule has 0 radical (unpaired) electrons. The van der Waals surface area contributed by atoms with Crippen molar-refractivity contribution in [2.75, 3.05) is 19.5 Å². The van der Waals surface area contributed by atoms with Gasteiger partial charge in [0, 0.05) is 28.8 Å². The van der Waals surface area contributed by atoms with Gasteiger partial charge in [-0.05, 0) is 62.7 Å². The van der Waals surface area contributed by atoms with Gasteiger partial charge >= 0.3 is 0 Å². The molecule has 1 heterocycles. The Morgan fingerprint density at radius 3 is 2.14 bits per heavy atom. The number of nitrogens with one attached hydrogen (secondary N) is 1. The molecule has 0 aliphatic carbocycles. The molecule has 0 unspecified atom stereocenters. The van der Waals surface area contributed by atoms with Gasteiger partial charge in [0.05, 0.1) is 24.8 Å². The van der Waals surface area contributed by atoms with E-state index in [4.69, 9.17) is 21.1 Å². The Hall–Kier alpha value is -2.92. The van der Waals surface area contributed by atoms with Gasteiger partial charge in [-0.3, -0.25) is 4.79 Å². The van der Waals surface area contributed by atoms with E-state index in [-0.39, 0.29) is 5.91 Å². The van der Waals surface area contributed by atoms with Crippen molar-refractivity contribution in [1.29, 1.82) is 0 Å². The average molecular weight is 399 g/mol. The number of halogens is 1. The molecule has 1 N–H and O–H groups in total. The number of carbonyl (C=O) groups excluding carboxylic acids is 1. The van der Waals surface area contributed by atoms with E-state index in [1.165, 1.54) is 0 Å². The Morgan fingerprint density at radius 2 is 1.54 bits per heavy atom. The van der Waals surface area contributed by atoms with Crippen LogP contribution in [-0.4, -0.2) is 24.7 Å². The van der Waals surface area contributed by atoms with Crippen LogP contribution in [0.3, 0.4) is 0 Å². The predicted molar refractivity (Wildman–Crippen MR) is 112 cm³/mol. The molecule has 0 fully saturated rings. The molecule has 28 heavy (non-hydrogen) atoms. The van der Waals surface area contributed by atoms with E-state index in [2.05, 4.69) is 9.88 Å². The second-order valence-corrected chi connectivity index (χ2v) is 7.00. The first-order valence-electron chi connectivity index (χ1n) is 8.84. The lowest BCUT2D eigenvalue weighted by molar-refractivity contribution is 0.102. The van der Waals surface area contributed by atoms with Gasteiger partial charge in [0.15, 0.2) is 11.5 Å². The number of hydrogen-bond acceptors (Lipinski definition) is 3. The maximum atomic E-state index is 13.0. The third-order valence-electron chi connectivity index (χ3n) is 4.70. The number of ether oxygens (including phenoxy) is 2. The van der Waals surface area contributed by atoms with Crippen LogP contribution in [0.1, 0.15) is 27.3 Å². The van der Waals surface area contributed by atoms with E-state index in [1.54, 1.807) is 32.4 Å². The van der Waals surface area contributed by atoms with Gasteiger partial charge in [-0.15, -0.1) is 0 Å². The lowest BCUT2D eigenvalue weighted by Crippen LogP contribution is -2.14. The zero-order chi connectivity index (χ0) is 20.4. The van der Waals surface area contributed by atoms with Crippen LogP contribution >= 0.6 is 11.6 Å². The summed E-state index contributed by atoms with van der Waals surface area (Å²) in [5.74, 6) is 0.864. The highest BCUT2D eigenvalue weighted by molar-refractivity contribution is 6.34. The summed E-state index contributed by atoms with van der Waals surface area (Å²) in [5.41, 5.74) is 4.95. The zero-order valence-electron chi connectivity index (χ0n) is 16.6. The van der Waals surface area contributed by atoms with Crippen molar-refractivity contribution in [3.63, 3.8) is 0 Å². The quantitative estimate of drug-likeness (QED) is 0.632. The first kappa shape index (κ1) is 19.8. The molecule has 0 aliphatic heterocycles. The predicted octanol–water partition coefficient (Wildman–Crippen LogP) is 5.33. The van der Waals surface area contributed by atoms with Crippen LogP contribution in [0.25, 0.3) is 5.69 Å². The highest BCUT2D eigenvalue weighted by Crippen LogP contribution is 2.33. The van der Waals surface area contributed by atoms with E-state index in [0.29, 0.717) is 27.8 Å². The third kappa shape index (κ3) is 3.71. The molecule has 6 heteroatoms. The Balaban J connectivity index is 1.97. The monoisotopic (exact) mass is 398 g/mol. The van der Waals surface area contributed by atoms with Crippen LogP contribution in [0.2, 0.25) is 5.02 Å². The highest BCUT2D eigenvalue weighted by Gasteiger charge is 2.16. The molecule has 1 aromatic heterocycles. The number of nitrogens with zero attached hydrogens (tertiary/aromatic N) is 1. The summed E-state index contributed by atoms with van der Waals surface area (Å²) in [7, 11) is 3.13. The lowest BCUT2D eigenvalue weighted by atomic mass is 10.1. The summed E-state index contributed by atoms with van der Waals surface area (Å²) in [4.78, 5) is 13.0. The second-order valence-electron chi connectivity index (χ2n) is 6.59. The number of methoxy groups -OCH3 is 2. The van der Waals surface area contributed by atoms with Gasteiger partial charge in [0.2, 0.25) is 0 Å². The van der Waals surface area contributed by atoms with Crippen LogP contribution in [0.15, 0.2) is 42.5 Å². The van der Waals surface area contributed by atoms with Crippen LogP contribution in [-0.2, 0) is 0 Å². The van der Waals surface area contributed by atoms with Crippen LogP contribution in [0, 0.1) is 20.8 Å². The molecule has 0 aliphatic rings. The Kier molecular flexibility index (Phi) is 5.66. The highest BCUT2D eigenvalue weighted by atomic mass is 35.5. The largest absolute Gasteiger partial charge is 0.493 e. The number of aryl methyl sites for hydroxylation is 3. The van der Waals surface area contributed by atoms with Crippen molar-refractivity contribution in [2.45, 2.75) is 20.8 Å². The molecule has 0 saturated carbocycles. The third-order valence-corrected chi connectivity index (χ3v) is 5.03. The van der Waals surface area contributed by atoms with Crippen molar-refractivity contribution < 1.29 is 14.3 Å². The van der Waals surface area contributed by atoms with Gasteiger partial charge in [-0.1, -0.05) is 11.6 Å². The minimum absolute atomic E-state index is 0.287. The smallest absolute Gasteiger partial charge is 0.257 e. The van der Waals surface area contributed by atoms with Crippen molar-refractivity contribution in [3.05, 3.63) is 70.0 Å². The standard InChI is InChI=1S/C22H23ClN2O3/c1-13-10-20(27-4)21(28-5)12-19(13)24-22(26)17-11-16(8-9-18(17)23)25-14(2)6-7-15(25)3/h6-12H,1-5H3,(H,24,26). The van der Waals surface area contributed by atoms with Crippen molar-refractivity contribution >= 4 is 23.2 Å². The maximum Gasteiger partial charge on any atom is 0.257 e. The van der Waals surface area contributed by atoms with Crippen molar-refractivity contribution in [3.8, 4) is 17.2 Å². The number of aromatic nitrogens is 1. The van der Waals surface area contributed by atoms with Crippen LogP contribution in [0.5, 0.6) is 11.5 Å². The minimum Gasteiger partial charge on any atom is -0.493 e. The molecule has 0 bridgehead atoms. The SMILES string of the molecule is COc1cc(C)c(NC(=O)c2cc(-n3c(C)ccc3C)ccc2Cl)cc1OC. The molecule has 3 aromatic rings. The molecule has 0 spiro atoms. The summed E-state index contributed by atoms with van der Waals surface area (Å²) in [6.45, 7) is 5.94. The molecule has 5 nitrogen and oxygen atoms in total. The van der Waals surface area contributed by atoms with Gasteiger partial charge in [-0.2, -0.15) is 0 Å². The lowest BCUT2D eigenvalue weighted by Gasteiger charge is -2.15. The number of benzene rings is 2. The summed E-state index contributed by atoms with van der Waals surface area (Å²) in [6.07, 6.45) is 0. The molecule has 3 rings (SSSR count). The molecule has 0 saturated heterocycles. The molecule has 1 amide bonds. The van der Waals surface area contributed by atoms with Gasteiger partial charge < -0.3 is 19.4 Å². The number of hydrogen-bond donors (Lipinski definition) is 1. The fourth-order valence-corrected chi connectivity index (χ4v) is 3.41. The van der Waals surface area contributed by atoms with Gasteiger partial charge in [-0.25, -0.2) is 0 Å². The second kappa shape index (κ2) is 7.98. The van der Waals surface area contributed by atoms with E-state index < -0.39 is 0 Å². The first-order valence-corrected chi connectivity index (χ1v) is 9.22. The summed E-state index contributed by atoms with van der Waals surface area (Å²) in [5, 5.41) is 3.32. The van der Waals surface area contributed by atoms with E-state index in [9.17, 15) is 4.79 Å². The molecular weight excluding hydrogens is 376 g/mol. The Morgan fingerprint density at radius 1 is 0.929 bits per heavy atom. The van der Waals surface area contributed by atoms with Crippen molar-refractivity contribution in [2.24, 2.45) is 0 Å². The van der Waals surface area contributed by atoms with E-state index in [0.717, 1.165) is 22.6 Å². The summed E-state index contributed by atoms with van der Waals surface area (Å²) >= 11 is 6.33. The minimum atomic E-state index is -0.287. The van der Waals surface area contributed by atoms with Crippen molar-refractivity contribution in [1.82, 2.24) is 4.57 Å². The number of rotatable bonds is 5. The van der Waals surface area contributed by atoms with E-state index >= 15 is 0 Å². The average Bonchev–Trinajstić information content (AvgIpc) is 3.01. The molecule has 2 aromatic carbocycles. The number of amides is 1. The number of carbonyl (C=O) groups is 1. The van der Waals surface area contributed by atoms with Crippen LogP contribution in [0.4, 0.5) is 5.69 Å². The Labute approximate surface area is 169 Å². The fraction of sp³-hybridized carbons (Fsp3) is 0.227. The molecule has 146 valence electrons. The van der Waals surface area contributed by atoms with Gasteiger partial charge in [0.25, 0.3) is 5.91 Å². The maximum absolute atomic E-state index is 13.0. The molecular formula is C22H23ClN2O3. The number of anilines is 1. The topological polar surface area (TPSA) is 52.5 Å². The summed E-state index contributed by atoms with van der Waals surface area (Å²) < 4.78 is 12.7. The summed E-state index contributed by atoms with van der Waals surface area (Å²) in [6, 6.07) is 13.1. The first-order chi connectivity index (χ1) is 13.3. The zero-order valence-corrected chi connectivity index (χ0v) is 17.3. The molecule has 0 atom stereocenters. The van der Waals surface area contributed by atoms with Crippen LogP contribution < -0.4 is 14.8 Å². The fourth-order valence-electron chi connectivity index (χ4n) is 3.21. The van der Waals surface area contributed by atoms with Gasteiger partial charge in [0.1, 0.15) is 0 Å². The van der Waals surface area contributed by atoms with E-state index in [1.807, 2.05) is 45.0 Å². The normalized spacial score (nSPS) is 10.6. The Bertz CT molecular complexity index is 1020.